The van der Waals surface area contributed by atoms with Gasteiger partial charge in [0.1, 0.15) is 30.5 Å². The Hall–Kier alpha value is -2.37. The predicted octanol–water partition coefficient (Wildman–Crippen LogP) is 10.5. The van der Waals surface area contributed by atoms with Crippen LogP contribution in [-0.4, -0.2) is 89.6 Å². The van der Waals surface area contributed by atoms with Crippen LogP contribution in [0.5, 0.6) is 0 Å². The summed E-state index contributed by atoms with van der Waals surface area (Å²) >= 11 is 0. The normalized spacial score (nSPS) is 21.0. The van der Waals surface area contributed by atoms with E-state index in [4.69, 9.17) is 18.9 Å². The summed E-state index contributed by atoms with van der Waals surface area (Å²) in [7, 11) is 0. The van der Waals surface area contributed by atoms with E-state index < -0.39 is 43.4 Å². The number of aliphatic hydroxyl groups is 4. The van der Waals surface area contributed by atoms with Crippen molar-refractivity contribution >= 4 is 5.97 Å². The number of hydrogen-bond acceptors (Lipinski definition) is 9. The molecule has 1 rings (SSSR count). The van der Waals surface area contributed by atoms with Gasteiger partial charge in [-0.25, -0.2) is 0 Å². The summed E-state index contributed by atoms with van der Waals surface area (Å²) in [6.07, 6.45) is 44.9. The van der Waals surface area contributed by atoms with Crippen LogP contribution >= 0.6 is 0 Å². The second-order valence-corrected chi connectivity index (χ2v) is 15.5. The molecule has 1 aliphatic rings. The van der Waals surface area contributed by atoms with Crippen molar-refractivity contribution in [3.05, 3.63) is 72.9 Å². The van der Waals surface area contributed by atoms with Gasteiger partial charge >= 0.3 is 5.97 Å². The van der Waals surface area contributed by atoms with Crippen LogP contribution in [-0.2, 0) is 23.7 Å². The molecule has 0 radical (unpaired) electrons. The molecule has 6 unspecified atom stereocenters. The van der Waals surface area contributed by atoms with Crippen molar-refractivity contribution in [2.75, 3.05) is 26.4 Å². The molecule has 0 aromatic heterocycles. The minimum absolute atomic E-state index is 0.128. The molecule has 0 aromatic carbocycles. The highest BCUT2D eigenvalue weighted by molar-refractivity contribution is 5.69. The van der Waals surface area contributed by atoms with Crippen molar-refractivity contribution in [3.63, 3.8) is 0 Å². The van der Waals surface area contributed by atoms with Crippen molar-refractivity contribution in [3.8, 4) is 0 Å². The van der Waals surface area contributed by atoms with Crippen LogP contribution in [0.25, 0.3) is 0 Å². The monoisotopic (exact) mass is 817 g/mol. The fourth-order valence-electron chi connectivity index (χ4n) is 6.51. The molecule has 9 heteroatoms. The first-order chi connectivity index (χ1) is 28.4. The maximum absolute atomic E-state index is 12.8. The summed E-state index contributed by atoms with van der Waals surface area (Å²) in [6.45, 7) is 4.38. The Kier molecular flexibility index (Phi) is 37.1. The smallest absolute Gasteiger partial charge is 0.306 e. The van der Waals surface area contributed by atoms with Gasteiger partial charge in [0.25, 0.3) is 0 Å². The van der Waals surface area contributed by atoms with Crippen LogP contribution in [0.1, 0.15) is 168 Å². The first kappa shape index (κ1) is 53.6. The molecule has 0 spiro atoms. The molecule has 0 aliphatic carbocycles. The number of ether oxygens (including phenoxy) is 4. The zero-order chi connectivity index (χ0) is 42.2. The average molecular weight is 817 g/mol. The third-order valence-electron chi connectivity index (χ3n) is 10.1. The molecule has 334 valence electrons. The van der Waals surface area contributed by atoms with Crippen LogP contribution < -0.4 is 0 Å². The lowest BCUT2D eigenvalue weighted by Gasteiger charge is -2.39. The van der Waals surface area contributed by atoms with Gasteiger partial charge in [-0.15, -0.1) is 0 Å². The maximum atomic E-state index is 12.8. The lowest BCUT2D eigenvalue weighted by atomic mass is 9.99. The summed E-state index contributed by atoms with van der Waals surface area (Å²) in [4.78, 5) is 12.8. The Morgan fingerprint density at radius 3 is 1.60 bits per heavy atom. The van der Waals surface area contributed by atoms with Gasteiger partial charge in [-0.05, 0) is 83.5 Å². The molecule has 0 aromatic rings. The molecule has 1 aliphatic heterocycles. The number of rotatable bonds is 38. The van der Waals surface area contributed by atoms with Gasteiger partial charge in [0.15, 0.2) is 6.29 Å². The summed E-state index contributed by atoms with van der Waals surface area (Å²) in [5.41, 5.74) is 0. The molecule has 0 saturated carbocycles. The van der Waals surface area contributed by atoms with Gasteiger partial charge in [-0.2, -0.15) is 0 Å². The average Bonchev–Trinajstić information content (AvgIpc) is 3.22. The van der Waals surface area contributed by atoms with Crippen molar-refractivity contribution in [2.45, 2.75) is 205 Å². The van der Waals surface area contributed by atoms with Crippen molar-refractivity contribution in [1.82, 2.24) is 0 Å². The number of unbranched alkanes of at least 4 members (excludes halogenated alkanes) is 15. The van der Waals surface area contributed by atoms with Gasteiger partial charge in [0, 0.05) is 13.0 Å². The molecular formula is C49H84O9. The van der Waals surface area contributed by atoms with E-state index in [1.165, 1.54) is 51.4 Å². The van der Waals surface area contributed by atoms with Crippen LogP contribution in [0, 0.1) is 0 Å². The van der Waals surface area contributed by atoms with Gasteiger partial charge in [0.2, 0.25) is 0 Å². The van der Waals surface area contributed by atoms with Crippen LogP contribution in [0.15, 0.2) is 72.9 Å². The summed E-state index contributed by atoms with van der Waals surface area (Å²) in [5, 5.41) is 40.1. The van der Waals surface area contributed by atoms with E-state index in [0.717, 1.165) is 96.3 Å². The van der Waals surface area contributed by atoms with E-state index in [1.54, 1.807) is 0 Å². The van der Waals surface area contributed by atoms with E-state index in [1.807, 2.05) is 0 Å². The van der Waals surface area contributed by atoms with Crippen LogP contribution in [0.4, 0.5) is 0 Å². The molecule has 0 bridgehead atoms. The molecule has 58 heavy (non-hydrogen) atoms. The fourth-order valence-corrected chi connectivity index (χ4v) is 6.51. The van der Waals surface area contributed by atoms with E-state index in [0.29, 0.717) is 13.0 Å². The molecule has 9 nitrogen and oxygen atoms in total. The highest BCUT2D eigenvalue weighted by Gasteiger charge is 2.44. The van der Waals surface area contributed by atoms with Crippen molar-refractivity contribution < 1.29 is 44.2 Å². The molecule has 0 amide bonds. The van der Waals surface area contributed by atoms with Gasteiger partial charge < -0.3 is 39.4 Å². The Bertz CT molecular complexity index is 1110. The first-order valence-corrected chi connectivity index (χ1v) is 23.0. The predicted molar refractivity (Wildman–Crippen MR) is 237 cm³/mol. The van der Waals surface area contributed by atoms with E-state index in [9.17, 15) is 25.2 Å². The number of esters is 1. The maximum Gasteiger partial charge on any atom is 0.306 e. The van der Waals surface area contributed by atoms with Crippen molar-refractivity contribution in [1.29, 1.82) is 0 Å². The third-order valence-corrected chi connectivity index (χ3v) is 10.1. The Labute approximate surface area is 353 Å². The summed E-state index contributed by atoms with van der Waals surface area (Å²) in [5.74, 6) is -0.337. The largest absolute Gasteiger partial charge is 0.457 e. The Morgan fingerprint density at radius 2 is 1.05 bits per heavy atom. The number of carbonyl (C=O) groups excluding carboxylic acids is 1. The van der Waals surface area contributed by atoms with Crippen LogP contribution in [0.3, 0.4) is 0 Å². The zero-order valence-electron chi connectivity index (χ0n) is 36.5. The molecule has 1 fully saturated rings. The van der Waals surface area contributed by atoms with Crippen molar-refractivity contribution in [2.24, 2.45) is 0 Å². The molecule has 4 N–H and O–H groups in total. The molecule has 6 atom stereocenters. The number of hydrogen-bond donors (Lipinski definition) is 4. The lowest BCUT2D eigenvalue weighted by Crippen LogP contribution is -2.59. The number of carbonyl (C=O) groups is 1. The molecular weight excluding hydrogens is 733 g/mol. The minimum Gasteiger partial charge on any atom is -0.457 e. The van der Waals surface area contributed by atoms with E-state index in [-0.39, 0.29) is 19.2 Å². The Morgan fingerprint density at radius 1 is 0.569 bits per heavy atom. The van der Waals surface area contributed by atoms with E-state index >= 15 is 0 Å². The minimum atomic E-state index is -1.54. The third kappa shape index (κ3) is 30.6. The second-order valence-electron chi connectivity index (χ2n) is 15.5. The Balaban J connectivity index is 2.28. The topological polar surface area (TPSA) is 135 Å². The SMILES string of the molecule is CC/C=C\C/C=C\C/C=C\C/C=C\C/C=C\CCCCCCCC(=O)OC(COCCCCCCCC/C=C\CCCCCC)COC1OC(CO)C(O)C(O)C1O. The van der Waals surface area contributed by atoms with E-state index in [2.05, 4.69) is 86.8 Å². The highest BCUT2D eigenvalue weighted by atomic mass is 16.7. The highest BCUT2D eigenvalue weighted by Crippen LogP contribution is 2.22. The lowest BCUT2D eigenvalue weighted by molar-refractivity contribution is -0.305. The molecule has 1 saturated heterocycles. The quantitative estimate of drug-likeness (QED) is 0.0273. The first-order valence-electron chi connectivity index (χ1n) is 23.0. The van der Waals surface area contributed by atoms with Gasteiger partial charge in [-0.3, -0.25) is 4.79 Å². The van der Waals surface area contributed by atoms with Gasteiger partial charge in [-0.1, -0.05) is 151 Å². The van der Waals surface area contributed by atoms with Crippen LogP contribution in [0.2, 0.25) is 0 Å². The second kappa shape index (κ2) is 40.1. The molecule has 1 heterocycles. The summed E-state index contributed by atoms with van der Waals surface area (Å²) in [6, 6.07) is 0. The zero-order valence-corrected chi connectivity index (χ0v) is 36.5. The van der Waals surface area contributed by atoms with Gasteiger partial charge in [0.05, 0.1) is 19.8 Å². The number of allylic oxidation sites excluding steroid dienone is 12. The number of aliphatic hydroxyl groups excluding tert-OH is 4. The summed E-state index contributed by atoms with van der Waals surface area (Å²) < 4.78 is 22.8. The standard InChI is InChI=1S/C49H84O9/c1-3-5-7-9-11-13-15-17-19-20-21-22-23-24-25-26-28-30-32-34-36-38-45(51)57-43(42-56-49-48(54)47(53)46(52)44(40-50)58-49)41-55-39-37-35-33-31-29-27-18-16-14-12-10-8-6-4-2/h5,7,11,13-14,16-17,19,21-22,24-25,43-44,46-50,52-54H,3-4,6,8-10,12,15,18,20,23,26-42H2,1-2H3/b7-5-,13-11-,16-14-,19-17-,22-21-,25-24-. The fraction of sp³-hybridized carbons (Fsp3) is 0.735.